The largest absolute Gasteiger partial charge is 0.460 e. The molecule has 1 saturated heterocycles. The van der Waals surface area contributed by atoms with Gasteiger partial charge in [0.1, 0.15) is 5.60 Å². The standard InChI is InChI=1S/C15H27NO4/c1-14(2,3)20-13(18)7-6-12(17)16-11-8-9-19-15(4,5)10-11/h11H,6-10H2,1-5H3,(H,16,17). The summed E-state index contributed by atoms with van der Waals surface area (Å²) in [7, 11) is 0. The van der Waals surface area contributed by atoms with Gasteiger partial charge in [-0.2, -0.15) is 0 Å². The first-order valence-electron chi connectivity index (χ1n) is 7.23. The average Bonchev–Trinajstić information content (AvgIpc) is 2.22. The van der Waals surface area contributed by atoms with Crippen molar-refractivity contribution in [3.05, 3.63) is 0 Å². The van der Waals surface area contributed by atoms with Crippen molar-refractivity contribution in [3.63, 3.8) is 0 Å². The van der Waals surface area contributed by atoms with Crippen molar-refractivity contribution >= 4 is 11.9 Å². The first-order valence-corrected chi connectivity index (χ1v) is 7.23. The van der Waals surface area contributed by atoms with Gasteiger partial charge in [-0.25, -0.2) is 0 Å². The summed E-state index contributed by atoms with van der Waals surface area (Å²) < 4.78 is 10.8. The summed E-state index contributed by atoms with van der Waals surface area (Å²) in [5.74, 6) is -0.432. The number of carbonyl (C=O) groups excluding carboxylic acids is 2. The predicted molar refractivity (Wildman–Crippen MR) is 76.3 cm³/mol. The van der Waals surface area contributed by atoms with Crippen molar-refractivity contribution < 1.29 is 19.1 Å². The fraction of sp³-hybridized carbons (Fsp3) is 0.867. The molecule has 0 saturated carbocycles. The molecule has 1 unspecified atom stereocenters. The smallest absolute Gasteiger partial charge is 0.306 e. The van der Waals surface area contributed by atoms with Gasteiger partial charge in [0.25, 0.3) is 0 Å². The lowest BCUT2D eigenvalue weighted by Gasteiger charge is -2.35. The fourth-order valence-corrected chi connectivity index (χ4v) is 2.26. The van der Waals surface area contributed by atoms with Crippen LogP contribution in [0.4, 0.5) is 0 Å². The Kier molecular flexibility index (Phi) is 5.57. The topological polar surface area (TPSA) is 64.6 Å². The molecule has 5 heteroatoms. The Balaban J connectivity index is 2.28. The lowest BCUT2D eigenvalue weighted by atomic mass is 9.94. The molecular weight excluding hydrogens is 258 g/mol. The van der Waals surface area contributed by atoms with E-state index in [4.69, 9.17) is 9.47 Å². The molecule has 0 bridgehead atoms. The van der Waals surface area contributed by atoms with Crippen LogP contribution in [0.1, 0.15) is 60.3 Å². The maximum absolute atomic E-state index is 11.8. The molecule has 20 heavy (non-hydrogen) atoms. The highest BCUT2D eigenvalue weighted by Crippen LogP contribution is 2.23. The maximum atomic E-state index is 11.8. The monoisotopic (exact) mass is 285 g/mol. The van der Waals surface area contributed by atoms with Crippen molar-refractivity contribution in [2.24, 2.45) is 0 Å². The van der Waals surface area contributed by atoms with Crippen LogP contribution in [0.15, 0.2) is 0 Å². The Labute approximate surface area is 121 Å². The van der Waals surface area contributed by atoms with Gasteiger partial charge in [-0.15, -0.1) is 0 Å². The summed E-state index contributed by atoms with van der Waals surface area (Å²) in [6, 6.07) is 0.130. The lowest BCUT2D eigenvalue weighted by molar-refractivity contribution is -0.155. The molecule has 1 N–H and O–H groups in total. The zero-order valence-corrected chi connectivity index (χ0v) is 13.2. The quantitative estimate of drug-likeness (QED) is 0.804. The highest BCUT2D eigenvalue weighted by Gasteiger charge is 2.29. The van der Waals surface area contributed by atoms with E-state index in [1.54, 1.807) is 0 Å². The highest BCUT2D eigenvalue weighted by molar-refractivity contribution is 5.81. The van der Waals surface area contributed by atoms with Crippen LogP contribution < -0.4 is 5.32 Å². The van der Waals surface area contributed by atoms with E-state index in [0.29, 0.717) is 6.61 Å². The third-order valence-corrected chi connectivity index (χ3v) is 3.04. The summed E-state index contributed by atoms with van der Waals surface area (Å²) in [6.07, 6.45) is 1.91. The van der Waals surface area contributed by atoms with Crippen LogP contribution in [0.3, 0.4) is 0 Å². The molecule has 1 aliphatic heterocycles. The first kappa shape index (κ1) is 17.0. The van der Waals surface area contributed by atoms with E-state index in [1.165, 1.54) is 0 Å². The van der Waals surface area contributed by atoms with Crippen LogP contribution in [0.2, 0.25) is 0 Å². The van der Waals surface area contributed by atoms with Crippen molar-refractivity contribution in [1.29, 1.82) is 0 Å². The Morgan fingerprint density at radius 1 is 1.30 bits per heavy atom. The molecule has 0 radical (unpaired) electrons. The maximum Gasteiger partial charge on any atom is 0.306 e. The summed E-state index contributed by atoms with van der Waals surface area (Å²) in [6.45, 7) is 10.1. The molecule has 0 aromatic rings. The van der Waals surface area contributed by atoms with E-state index in [2.05, 4.69) is 5.32 Å². The zero-order valence-electron chi connectivity index (χ0n) is 13.2. The fourth-order valence-electron chi connectivity index (χ4n) is 2.26. The molecule has 0 spiro atoms. The van der Waals surface area contributed by atoms with Crippen molar-refractivity contribution in [2.75, 3.05) is 6.61 Å². The zero-order chi connectivity index (χ0) is 15.4. The minimum Gasteiger partial charge on any atom is -0.460 e. The average molecular weight is 285 g/mol. The summed E-state index contributed by atoms with van der Waals surface area (Å²) in [5.41, 5.74) is -0.695. The van der Waals surface area contributed by atoms with E-state index >= 15 is 0 Å². The van der Waals surface area contributed by atoms with Crippen molar-refractivity contribution in [3.8, 4) is 0 Å². The molecule has 1 rings (SSSR count). The minimum absolute atomic E-state index is 0.0986. The molecule has 0 aromatic carbocycles. The second-order valence-electron chi connectivity index (χ2n) is 6.95. The van der Waals surface area contributed by atoms with Crippen LogP contribution in [0, 0.1) is 0 Å². The first-order chi connectivity index (χ1) is 9.07. The molecular formula is C15H27NO4. The van der Waals surface area contributed by atoms with Gasteiger partial charge in [0.2, 0.25) is 5.91 Å². The van der Waals surface area contributed by atoms with Gasteiger partial charge in [0.05, 0.1) is 12.0 Å². The number of ether oxygens (including phenoxy) is 2. The van der Waals surface area contributed by atoms with E-state index in [9.17, 15) is 9.59 Å². The number of hydrogen-bond acceptors (Lipinski definition) is 4. The third kappa shape index (κ3) is 6.89. The third-order valence-electron chi connectivity index (χ3n) is 3.04. The molecule has 0 aliphatic carbocycles. The van der Waals surface area contributed by atoms with Crippen LogP contribution in [-0.2, 0) is 19.1 Å². The normalized spacial score (nSPS) is 22.1. The Morgan fingerprint density at radius 2 is 1.95 bits per heavy atom. The van der Waals surface area contributed by atoms with Gasteiger partial charge in [-0.05, 0) is 47.5 Å². The summed E-state index contributed by atoms with van der Waals surface area (Å²) >= 11 is 0. The Bertz CT molecular complexity index is 357. The van der Waals surface area contributed by atoms with Gasteiger partial charge < -0.3 is 14.8 Å². The molecule has 1 fully saturated rings. The number of esters is 1. The molecule has 1 amide bonds. The highest BCUT2D eigenvalue weighted by atomic mass is 16.6. The van der Waals surface area contributed by atoms with Gasteiger partial charge in [-0.1, -0.05) is 0 Å². The van der Waals surface area contributed by atoms with Gasteiger partial charge in [0.15, 0.2) is 0 Å². The predicted octanol–water partition coefficient (Wildman–Crippen LogP) is 2.18. The molecule has 5 nitrogen and oxygen atoms in total. The van der Waals surface area contributed by atoms with E-state index in [-0.39, 0.29) is 36.4 Å². The Hall–Kier alpha value is -1.10. The number of amides is 1. The molecule has 1 heterocycles. The summed E-state index contributed by atoms with van der Waals surface area (Å²) in [4.78, 5) is 23.4. The SMILES string of the molecule is CC(C)(C)OC(=O)CCC(=O)NC1CCOC(C)(C)C1. The van der Waals surface area contributed by atoms with E-state index in [1.807, 2.05) is 34.6 Å². The number of hydrogen-bond donors (Lipinski definition) is 1. The van der Waals surface area contributed by atoms with Crippen LogP contribution in [0.25, 0.3) is 0 Å². The number of rotatable bonds is 4. The molecule has 1 aliphatic rings. The lowest BCUT2D eigenvalue weighted by Crippen LogP contribution is -2.45. The number of carbonyl (C=O) groups is 2. The second kappa shape index (κ2) is 6.57. The molecule has 0 aromatic heterocycles. The minimum atomic E-state index is -0.502. The van der Waals surface area contributed by atoms with Crippen molar-refractivity contribution in [2.45, 2.75) is 77.5 Å². The van der Waals surface area contributed by atoms with Crippen LogP contribution in [0.5, 0.6) is 0 Å². The van der Waals surface area contributed by atoms with Crippen LogP contribution >= 0.6 is 0 Å². The van der Waals surface area contributed by atoms with E-state index < -0.39 is 5.60 Å². The van der Waals surface area contributed by atoms with E-state index in [0.717, 1.165) is 12.8 Å². The second-order valence-corrected chi connectivity index (χ2v) is 6.95. The summed E-state index contributed by atoms with van der Waals surface area (Å²) in [5, 5.41) is 2.97. The van der Waals surface area contributed by atoms with Gasteiger partial charge in [0, 0.05) is 19.1 Å². The van der Waals surface area contributed by atoms with Crippen molar-refractivity contribution in [1.82, 2.24) is 5.32 Å². The van der Waals surface area contributed by atoms with Gasteiger partial charge >= 0.3 is 5.97 Å². The Morgan fingerprint density at radius 3 is 2.50 bits per heavy atom. The molecule has 1 atom stereocenters. The molecule has 116 valence electrons. The number of nitrogens with one attached hydrogen (secondary N) is 1. The van der Waals surface area contributed by atoms with Crippen LogP contribution in [-0.4, -0.2) is 35.7 Å². The van der Waals surface area contributed by atoms with Gasteiger partial charge in [-0.3, -0.25) is 9.59 Å².